The maximum Gasteiger partial charge on any atom is 0.401 e. The second kappa shape index (κ2) is 9.10. The Morgan fingerprint density at radius 3 is 2.66 bits per heavy atom. The van der Waals surface area contributed by atoms with Gasteiger partial charge in [0, 0.05) is 32.2 Å². The predicted octanol–water partition coefficient (Wildman–Crippen LogP) is 1.82. The van der Waals surface area contributed by atoms with Gasteiger partial charge in [-0.05, 0) is 30.7 Å². The SMILES string of the molecule is CC1CN(C2C=C(NCC(O)c3ccc(F)cc3)NC=N2)CCN1CC(F)(F)F. The Morgan fingerprint density at radius 1 is 1.28 bits per heavy atom. The number of aliphatic hydroxyl groups excluding tert-OH is 1. The van der Waals surface area contributed by atoms with E-state index >= 15 is 0 Å². The van der Waals surface area contributed by atoms with Crippen molar-refractivity contribution >= 4 is 6.34 Å². The Bertz CT molecular complexity index is 737. The van der Waals surface area contributed by atoms with Gasteiger partial charge in [0.1, 0.15) is 17.8 Å². The molecule has 2 aliphatic rings. The van der Waals surface area contributed by atoms with E-state index in [1.165, 1.54) is 35.5 Å². The van der Waals surface area contributed by atoms with Crippen LogP contribution in [0.1, 0.15) is 18.6 Å². The molecule has 0 saturated carbocycles. The summed E-state index contributed by atoms with van der Waals surface area (Å²) in [5.41, 5.74) is 0.593. The first-order chi connectivity index (χ1) is 13.7. The third-order valence-electron chi connectivity index (χ3n) is 5.06. The molecule has 2 heterocycles. The quantitative estimate of drug-likeness (QED) is 0.619. The van der Waals surface area contributed by atoms with Gasteiger partial charge in [-0.15, -0.1) is 0 Å². The molecule has 1 saturated heterocycles. The fourth-order valence-electron chi connectivity index (χ4n) is 3.47. The van der Waals surface area contributed by atoms with Crippen molar-refractivity contribution in [3.8, 4) is 0 Å². The van der Waals surface area contributed by atoms with Crippen LogP contribution in [0, 0.1) is 5.82 Å². The van der Waals surface area contributed by atoms with Crippen LogP contribution in [0.3, 0.4) is 0 Å². The van der Waals surface area contributed by atoms with Gasteiger partial charge < -0.3 is 15.7 Å². The van der Waals surface area contributed by atoms with Gasteiger partial charge >= 0.3 is 6.18 Å². The molecule has 6 nitrogen and oxygen atoms in total. The Labute approximate surface area is 166 Å². The number of nitrogens with one attached hydrogen (secondary N) is 2. The summed E-state index contributed by atoms with van der Waals surface area (Å²) in [5, 5.41) is 16.3. The highest BCUT2D eigenvalue weighted by Crippen LogP contribution is 2.22. The van der Waals surface area contributed by atoms with Crippen LogP contribution in [0.5, 0.6) is 0 Å². The van der Waals surface area contributed by atoms with E-state index < -0.39 is 18.8 Å². The third-order valence-corrected chi connectivity index (χ3v) is 5.06. The van der Waals surface area contributed by atoms with Gasteiger partial charge in [0.15, 0.2) is 0 Å². The zero-order chi connectivity index (χ0) is 21.0. The summed E-state index contributed by atoms with van der Waals surface area (Å²) in [5.74, 6) is 0.283. The minimum atomic E-state index is -4.20. The van der Waals surface area contributed by atoms with Gasteiger partial charge in [-0.3, -0.25) is 14.8 Å². The van der Waals surface area contributed by atoms with Crippen LogP contribution < -0.4 is 10.6 Å². The van der Waals surface area contributed by atoms with E-state index in [0.29, 0.717) is 31.0 Å². The van der Waals surface area contributed by atoms with E-state index in [2.05, 4.69) is 15.6 Å². The maximum atomic E-state index is 13.0. The van der Waals surface area contributed by atoms with Gasteiger partial charge in [0.2, 0.25) is 0 Å². The van der Waals surface area contributed by atoms with Crippen molar-refractivity contribution in [3.63, 3.8) is 0 Å². The molecule has 2 aliphatic heterocycles. The second-order valence-electron chi connectivity index (χ2n) is 7.29. The molecule has 3 N–H and O–H groups in total. The molecule has 1 aromatic carbocycles. The van der Waals surface area contributed by atoms with E-state index in [0.717, 1.165) is 0 Å². The third kappa shape index (κ3) is 6.15. The van der Waals surface area contributed by atoms with Crippen molar-refractivity contribution in [1.82, 2.24) is 20.4 Å². The standard InChI is InChI=1S/C19H25F4N5O/c1-13-10-27(6-7-28(13)11-19(21,22)23)18-8-17(25-12-26-18)24-9-16(29)14-2-4-15(20)5-3-14/h2-5,8,12-13,16,18,24,29H,6-7,9-11H2,1H3,(H,25,26). The summed E-state index contributed by atoms with van der Waals surface area (Å²) in [6.07, 6.45) is -1.95. The van der Waals surface area contributed by atoms with Crippen LogP contribution in [0.25, 0.3) is 0 Å². The molecule has 0 bridgehead atoms. The highest BCUT2D eigenvalue weighted by molar-refractivity contribution is 5.59. The molecule has 3 rings (SSSR count). The highest BCUT2D eigenvalue weighted by atomic mass is 19.4. The smallest absolute Gasteiger partial charge is 0.387 e. The molecule has 29 heavy (non-hydrogen) atoms. The molecule has 0 aromatic heterocycles. The van der Waals surface area contributed by atoms with Crippen molar-refractivity contribution < 1.29 is 22.7 Å². The van der Waals surface area contributed by atoms with Crippen molar-refractivity contribution in [2.45, 2.75) is 31.4 Å². The van der Waals surface area contributed by atoms with Crippen molar-refractivity contribution in [3.05, 3.63) is 47.5 Å². The number of hydrogen-bond acceptors (Lipinski definition) is 6. The maximum absolute atomic E-state index is 13.0. The molecule has 1 aromatic rings. The highest BCUT2D eigenvalue weighted by Gasteiger charge is 2.36. The molecular weight excluding hydrogens is 390 g/mol. The van der Waals surface area contributed by atoms with Gasteiger partial charge in [-0.1, -0.05) is 12.1 Å². The molecule has 0 amide bonds. The average molecular weight is 415 g/mol. The number of nitrogens with zero attached hydrogens (tertiary/aromatic N) is 3. The van der Waals surface area contributed by atoms with E-state index in [-0.39, 0.29) is 24.6 Å². The number of hydrogen-bond donors (Lipinski definition) is 3. The lowest BCUT2D eigenvalue weighted by atomic mass is 10.1. The van der Waals surface area contributed by atoms with Crippen molar-refractivity contribution in [2.75, 3.05) is 32.7 Å². The number of halogens is 4. The van der Waals surface area contributed by atoms with E-state index in [4.69, 9.17) is 0 Å². The fraction of sp³-hybridized carbons (Fsp3) is 0.526. The largest absolute Gasteiger partial charge is 0.401 e. The topological polar surface area (TPSA) is 63.1 Å². The zero-order valence-corrected chi connectivity index (χ0v) is 16.0. The fourth-order valence-corrected chi connectivity index (χ4v) is 3.47. The molecule has 3 unspecified atom stereocenters. The lowest BCUT2D eigenvalue weighted by molar-refractivity contribution is -0.155. The van der Waals surface area contributed by atoms with Crippen LogP contribution in [0.4, 0.5) is 17.6 Å². The van der Waals surface area contributed by atoms with Crippen molar-refractivity contribution in [1.29, 1.82) is 0 Å². The molecule has 0 spiro atoms. The summed E-state index contributed by atoms with van der Waals surface area (Å²) in [4.78, 5) is 7.82. The normalized spacial score (nSPS) is 24.7. The zero-order valence-electron chi connectivity index (χ0n) is 16.0. The predicted molar refractivity (Wildman–Crippen MR) is 102 cm³/mol. The monoisotopic (exact) mass is 415 g/mol. The summed E-state index contributed by atoms with van der Waals surface area (Å²) in [7, 11) is 0. The number of benzene rings is 1. The van der Waals surface area contributed by atoms with E-state index in [1.54, 1.807) is 6.92 Å². The van der Waals surface area contributed by atoms with Crippen LogP contribution >= 0.6 is 0 Å². The number of aliphatic imine (C=N–C) groups is 1. The van der Waals surface area contributed by atoms with Gasteiger partial charge in [0.25, 0.3) is 0 Å². The minimum absolute atomic E-state index is 0.209. The Morgan fingerprint density at radius 2 is 2.00 bits per heavy atom. The Kier molecular flexibility index (Phi) is 6.76. The minimum Gasteiger partial charge on any atom is -0.387 e. The van der Waals surface area contributed by atoms with E-state index in [9.17, 15) is 22.7 Å². The molecule has 1 fully saturated rings. The van der Waals surface area contributed by atoms with Crippen molar-refractivity contribution in [2.24, 2.45) is 4.99 Å². The molecule has 3 atom stereocenters. The molecule has 0 radical (unpaired) electrons. The second-order valence-corrected chi connectivity index (χ2v) is 7.29. The number of piperazine rings is 1. The number of alkyl halides is 3. The van der Waals surface area contributed by atoms with E-state index in [1.807, 2.05) is 11.0 Å². The first-order valence-electron chi connectivity index (χ1n) is 9.43. The average Bonchev–Trinajstić information content (AvgIpc) is 2.67. The first-order valence-corrected chi connectivity index (χ1v) is 9.43. The van der Waals surface area contributed by atoms with Crippen LogP contribution in [0.2, 0.25) is 0 Å². The number of rotatable bonds is 6. The Balaban J connectivity index is 1.53. The Hall–Kier alpha value is -2.17. The summed E-state index contributed by atoms with van der Waals surface area (Å²) in [6, 6.07) is 5.39. The molecule has 10 heteroatoms. The van der Waals surface area contributed by atoms with Gasteiger partial charge in [-0.2, -0.15) is 13.2 Å². The molecular formula is C19H25F4N5O. The van der Waals surface area contributed by atoms with Crippen LogP contribution in [-0.4, -0.2) is 72.4 Å². The van der Waals surface area contributed by atoms with Gasteiger partial charge in [0.05, 0.1) is 19.0 Å². The number of aliphatic hydroxyl groups is 1. The molecule has 0 aliphatic carbocycles. The van der Waals surface area contributed by atoms with Gasteiger partial charge in [-0.25, -0.2) is 4.39 Å². The molecule has 160 valence electrons. The summed E-state index contributed by atoms with van der Waals surface area (Å²) in [6.45, 7) is 2.36. The van der Waals surface area contributed by atoms with Crippen LogP contribution in [-0.2, 0) is 0 Å². The lowest BCUT2D eigenvalue weighted by Gasteiger charge is -2.42. The summed E-state index contributed by atoms with van der Waals surface area (Å²) >= 11 is 0. The van der Waals surface area contributed by atoms with Crippen LogP contribution in [0.15, 0.2) is 41.2 Å². The first kappa shape index (κ1) is 21.5. The lowest BCUT2D eigenvalue weighted by Crippen LogP contribution is -2.56. The summed E-state index contributed by atoms with van der Waals surface area (Å²) < 4.78 is 51.0.